The molecule has 0 aliphatic rings. The minimum atomic E-state index is -3.56. The summed E-state index contributed by atoms with van der Waals surface area (Å²) in [4.78, 5) is 27.4. The van der Waals surface area contributed by atoms with E-state index in [1.807, 2.05) is 13.0 Å². The van der Waals surface area contributed by atoms with Crippen molar-refractivity contribution in [2.45, 2.75) is 45.7 Å². The number of nitrogens with zero attached hydrogens (tertiary/aromatic N) is 2. The second-order valence-corrected chi connectivity index (χ2v) is 10.6. The van der Waals surface area contributed by atoms with E-state index in [1.165, 1.54) is 16.3 Å². The number of carbonyl (C=O) groups excluding carboxylic acids is 2. The van der Waals surface area contributed by atoms with E-state index in [9.17, 15) is 18.0 Å². The summed E-state index contributed by atoms with van der Waals surface area (Å²) in [5.74, 6) is 0.134. The van der Waals surface area contributed by atoms with Crippen LogP contribution in [0.1, 0.15) is 38.7 Å². The van der Waals surface area contributed by atoms with Crippen LogP contribution >= 0.6 is 11.6 Å². The molecule has 10 heteroatoms. The van der Waals surface area contributed by atoms with Gasteiger partial charge in [-0.05, 0) is 61.7 Å². The molecule has 0 aliphatic heterocycles. The van der Waals surface area contributed by atoms with Gasteiger partial charge in [0.2, 0.25) is 21.8 Å². The first-order valence-corrected chi connectivity index (χ1v) is 13.7. The highest BCUT2D eigenvalue weighted by molar-refractivity contribution is 7.92. The largest absolute Gasteiger partial charge is 0.497 e. The van der Waals surface area contributed by atoms with Gasteiger partial charge in [0, 0.05) is 31.1 Å². The number of sulfonamides is 1. The Balaban J connectivity index is 2.14. The van der Waals surface area contributed by atoms with Crippen LogP contribution in [0.2, 0.25) is 5.02 Å². The van der Waals surface area contributed by atoms with Crippen LogP contribution in [0.25, 0.3) is 0 Å². The molecule has 0 bridgehead atoms. The van der Waals surface area contributed by atoms with E-state index in [1.54, 1.807) is 49.4 Å². The first-order chi connectivity index (χ1) is 16.6. The van der Waals surface area contributed by atoms with Gasteiger partial charge in [-0.15, -0.1) is 0 Å². The summed E-state index contributed by atoms with van der Waals surface area (Å²) in [7, 11) is -2.02. The zero-order chi connectivity index (χ0) is 26.0. The van der Waals surface area contributed by atoms with Gasteiger partial charge < -0.3 is 15.0 Å². The van der Waals surface area contributed by atoms with Crippen LogP contribution < -0.4 is 14.4 Å². The summed E-state index contributed by atoms with van der Waals surface area (Å²) >= 11 is 6.10. The summed E-state index contributed by atoms with van der Waals surface area (Å²) in [5.41, 5.74) is 1.29. The van der Waals surface area contributed by atoms with Gasteiger partial charge in [-0.25, -0.2) is 8.42 Å². The maximum atomic E-state index is 13.2. The number of methoxy groups -OCH3 is 1. The van der Waals surface area contributed by atoms with Crippen molar-refractivity contribution in [2.24, 2.45) is 0 Å². The van der Waals surface area contributed by atoms with Crippen LogP contribution in [-0.2, 0) is 26.2 Å². The molecule has 192 valence electrons. The number of rotatable bonds is 13. The van der Waals surface area contributed by atoms with Crippen LogP contribution in [0.4, 0.5) is 5.69 Å². The molecule has 0 radical (unpaired) electrons. The number of hydrogen-bond acceptors (Lipinski definition) is 5. The Morgan fingerprint density at radius 3 is 2.40 bits per heavy atom. The first-order valence-electron chi connectivity index (χ1n) is 11.5. The third-order valence-electron chi connectivity index (χ3n) is 5.47. The maximum absolute atomic E-state index is 13.2. The number of anilines is 1. The van der Waals surface area contributed by atoms with Crippen LogP contribution in [0.15, 0.2) is 48.5 Å². The van der Waals surface area contributed by atoms with Gasteiger partial charge in [0.1, 0.15) is 11.8 Å². The van der Waals surface area contributed by atoms with Crippen molar-refractivity contribution >= 4 is 39.1 Å². The Morgan fingerprint density at radius 2 is 1.83 bits per heavy atom. The molecule has 0 aromatic heterocycles. The first kappa shape index (κ1) is 28.5. The van der Waals surface area contributed by atoms with Crippen molar-refractivity contribution < 1.29 is 22.7 Å². The number of nitrogens with one attached hydrogen (secondary N) is 1. The van der Waals surface area contributed by atoms with Gasteiger partial charge in [0.05, 0.1) is 19.1 Å². The lowest BCUT2D eigenvalue weighted by molar-refractivity contribution is -0.140. The summed E-state index contributed by atoms with van der Waals surface area (Å²) in [6.45, 7) is 4.50. The zero-order valence-corrected chi connectivity index (χ0v) is 22.2. The standard InChI is InChI=1S/C25H34ClN3O5S/c1-5-15-27-25(31)19(2)28(18-20-8-6-9-21(26)17-20)24(30)10-7-16-29(35(4,32)33)22-11-13-23(34-3)14-12-22/h6,8-9,11-14,17,19H,5,7,10,15-16,18H2,1-4H3,(H,27,31)/t19-/m0/s1. The molecule has 0 fully saturated rings. The number of hydrogen-bond donors (Lipinski definition) is 1. The SMILES string of the molecule is CCCNC(=O)[C@H](C)N(Cc1cccc(Cl)c1)C(=O)CCCN(c1ccc(OC)cc1)S(C)(=O)=O. The lowest BCUT2D eigenvalue weighted by Crippen LogP contribution is -2.47. The van der Waals surface area contributed by atoms with E-state index in [4.69, 9.17) is 16.3 Å². The minimum Gasteiger partial charge on any atom is -0.497 e. The summed E-state index contributed by atoms with van der Waals surface area (Å²) in [6, 6.07) is 13.1. The van der Waals surface area contributed by atoms with Crippen molar-refractivity contribution in [1.82, 2.24) is 10.2 Å². The molecule has 35 heavy (non-hydrogen) atoms. The third-order valence-corrected chi connectivity index (χ3v) is 6.90. The van der Waals surface area contributed by atoms with E-state index >= 15 is 0 Å². The topological polar surface area (TPSA) is 96.0 Å². The summed E-state index contributed by atoms with van der Waals surface area (Å²) < 4.78 is 31.2. The molecule has 0 saturated carbocycles. The minimum absolute atomic E-state index is 0.0775. The van der Waals surface area contributed by atoms with Crippen LogP contribution in [0.3, 0.4) is 0 Å². The average molecular weight is 524 g/mol. The Bertz CT molecular complexity index is 1090. The Hall–Kier alpha value is -2.78. The molecule has 2 rings (SSSR count). The van der Waals surface area contributed by atoms with E-state index in [0.717, 1.165) is 18.2 Å². The van der Waals surface area contributed by atoms with Crippen molar-refractivity contribution in [1.29, 1.82) is 0 Å². The summed E-state index contributed by atoms with van der Waals surface area (Å²) in [6.07, 6.45) is 2.28. The molecule has 0 aliphatic carbocycles. The lowest BCUT2D eigenvalue weighted by Gasteiger charge is -2.29. The molecule has 2 aromatic carbocycles. The molecule has 0 spiro atoms. The predicted molar refractivity (Wildman–Crippen MR) is 139 cm³/mol. The van der Waals surface area contributed by atoms with Gasteiger partial charge in [-0.2, -0.15) is 0 Å². The Kier molecular flexibility index (Phi) is 10.9. The Morgan fingerprint density at radius 1 is 1.14 bits per heavy atom. The average Bonchev–Trinajstić information content (AvgIpc) is 2.82. The molecular formula is C25H34ClN3O5S. The molecule has 1 N–H and O–H groups in total. The van der Waals surface area contributed by atoms with E-state index in [2.05, 4.69) is 5.32 Å². The van der Waals surface area contributed by atoms with Gasteiger partial charge in [0.15, 0.2) is 0 Å². The van der Waals surface area contributed by atoms with Gasteiger partial charge in [0.25, 0.3) is 0 Å². The number of amides is 2. The molecule has 0 heterocycles. The van der Waals surface area contributed by atoms with Crippen LogP contribution in [0.5, 0.6) is 5.75 Å². The fourth-order valence-corrected chi connectivity index (χ4v) is 4.74. The predicted octanol–water partition coefficient (Wildman–Crippen LogP) is 3.84. The highest BCUT2D eigenvalue weighted by Gasteiger charge is 2.26. The zero-order valence-electron chi connectivity index (χ0n) is 20.7. The fourth-order valence-electron chi connectivity index (χ4n) is 3.56. The summed E-state index contributed by atoms with van der Waals surface area (Å²) in [5, 5.41) is 3.38. The monoisotopic (exact) mass is 523 g/mol. The van der Waals surface area contributed by atoms with Gasteiger partial charge in [-0.1, -0.05) is 30.7 Å². The second kappa shape index (κ2) is 13.3. The maximum Gasteiger partial charge on any atom is 0.242 e. The molecule has 8 nitrogen and oxygen atoms in total. The Labute approximate surface area is 213 Å². The molecular weight excluding hydrogens is 490 g/mol. The quantitative estimate of drug-likeness (QED) is 0.430. The van der Waals surface area contributed by atoms with E-state index in [0.29, 0.717) is 23.0 Å². The second-order valence-electron chi connectivity index (χ2n) is 8.26. The van der Waals surface area contributed by atoms with Crippen LogP contribution in [-0.4, -0.2) is 57.6 Å². The smallest absolute Gasteiger partial charge is 0.242 e. The van der Waals surface area contributed by atoms with Crippen molar-refractivity contribution in [3.8, 4) is 5.75 Å². The van der Waals surface area contributed by atoms with E-state index < -0.39 is 16.1 Å². The van der Waals surface area contributed by atoms with Crippen LogP contribution in [0, 0.1) is 0 Å². The van der Waals surface area contributed by atoms with Gasteiger partial charge in [-0.3, -0.25) is 13.9 Å². The normalized spacial score (nSPS) is 12.0. The third kappa shape index (κ3) is 8.74. The fraction of sp³-hybridized carbons (Fsp3) is 0.440. The van der Waals surface area contributed by atoms with Crippen molar-refractivity contribution in [3.63, 3.8) is 0 Å². The van der Waals surface area contributed by atoms with Crippen molar-refractivity contribution in [2.75, 3.05) is 30.8 Å². The number of ether oxygens (including phenoxy) is 1. The molecule has 2 aromatic rings. The molecule has 2 amide bonds. The molecule has 1 atom stereocenters. The molecule has 0 saturated heterocycles. The number of carbonyl (C=O) groups is 2. The van der Waals surface area contributed by atoms with Gasteiger partial charge >= 0.3 is 0 Å². The van der Waals surface area contributed by atoms with Crippen molar-refractivity contribution in [3.05, 3.63) is 59.1 Å². The highest BCUT2D eigenvalue weighted by Crippen LogP contribution is 2.22. The van der Waals surface area contributed by atoms with E-state index in [-0.39, 0.29) is 37.7 Å². The number of halogens is 1. The highest BCUT2D eigenvalue weighted by atomic mass is 35.5. The number of benzene rings is 2. The lowest BCUT2D eigenvalue weighted by atomic mass is 10.1. The molecule has 0 unspecified atom stereocenters.